The summed E-state index contributed by atoms with van der Waals surface area (Å²) < 4.78 is 0. The fourth-order valence-corrected chi connectivity index (χ4v) is 3.25. The third-order valence-corrected chi connectivity index (χ3v) is 4.54. The van der Waals surface area contributed by atoms with Crippen molar-refractivity contribution in [3.8, 4) is 5.75 Å². The molecular formula is C17H21N2O2+. The van der Waals surface area contributed by atoms with E-state index in [1.807, 2.05) is 18.2 Å². The quantitative estimate of drug-likeness (QED) is 0.782. The average molecular weight is 285 g/mol. The fourth-order valence-electron chi connectivity index (χ4n) is 3.25. The number of phenolic OH excluding ortho intramolecular Hbond substituents is 1. The van der Waals surface area contributed by atoms with Crippen LogP contribution in [0, 0.1) is 5.92 Å². The number of aromatic hydroxyl groups is 1. The summed E-state index contributed by atoms with van der Waals surface area (Å²) in [6.07, 6.45) is 1.69. The van der Waals surface area contributed by atoms with Gasteiger partial charge in [0.15, 0.2) is 0 Å². The van der Waals surface area contributed by atoms with Gasteiger partial charge in [-0.05, 0) is 16.8 Å². The number of nitrogens with one attached hydrogen (secondary N) is 1. The lowest BCUT2D eigenvalue weighted by Crippen LogP contribution is -3.11. The van der Waals surface area contributed by atoms with Crippen LogP contribution in [-0.4, -0.2) is 24.1 Å². The highest BCUT2D eigenvalue weighted by Gasteiger charge is 2.26. The summed E-state index contributed by atoms with van der Waals surface area (Å²) in [6, 6.07) is 11.8. The molecule has 1 heterocycles. The van der Waals surface area contributed by atoms with Gasteiger partial charge in [-0.25, -0.2) is 0 Å². The maximum atomic E-state index is 11.2. The Morgan fingerprint density at radius 1 is 1.19 bits per heavy atom. The van der Waals surface area contributed by atoms with Crippen LogP contribution in [-0.2, 0) is 11.3 Å². The Bertz CT molecular complexity index is 661. The number of quaternary nitrogens is 1. The Hall–Kier alpha value is -2.07. The molecule has 0 spiro atoms. The highest BCUT2D eigenvalue weighted by molar-refractivity contribution is 5.87. The second kappa shape index (κ2) is 5.74. The van der Waals surface area contributed by atoms with Gasteiger partial charge in [-0.1, -0.05) is 30.3 Å². The zero-order valence-corrected chi connectivity index (χ0v) is 12.0. The lowest BCUT2D eigenvalue weighted by molar-refractivity contribution is -0.919. The van der Waals surface area contributed by atoms with Gasteiger partial charge in [-0.2, -0.15) is 0 Å². The van der Waals surface area contributed by atoms with E-state index in [1.54, 1.807) is 6.07 Å². The number of carbonyl (C=O) groups excluding carboxylic acids is 1. The van der Waals surface area contributed by atoms with E-state index in [-0.39, 0.29) is 11.8 Å². The van der Waals surface area contributed by atoms with Crippen molar-refractivity contribution >= 4 is 16.7 Å². The van der Waals surface area contributed by atoms with Crippen molar-refractivity contribution in [3.05, 3.63) is 42.0 Å². The standard InChI is InChI=1S/C17H20N2O2/c18-17(21)13-7-9-19(10-8-13)11-15-14-4-2-1-3-12(14)5-6-16(15)20/h1-6,13,20H,7-11H2,(H2,18,21)/p+1. The second-order valence-corrected chi connectivity index (χ2v) is 5.89. The van der Waals surface area contributed by atoms with Crippen LogP contribution in [0.4, 0.5) is 0 Å². The number of phenols is 1. The Morgan fingerprint density at radius 3 is 2.62 bits per heavy atom. The Kier molecular flexibility index (Phi) is 3.80. The molecule has 0 radical (unpaired) electrons. The number of hydrogen-bond acceptors (Lipinski definition) is 2. The first-order valence-corrected chi connectivity index (χ1v) is 7.47. The van der Waals surface area contributed by atoms with Gasteiger partial charge in [-0.3, -0.25) is 4.79 Å². The lowest BCUT2D eigenvalue weighted by Gasteiger charge is -2.28. The molecule has 1 aliphatic heterocycles. The monoisotopic (exact) mass is 285 g/mol. The molecular weight excluding hydrogens is 264 g/mol. The zero-order chi connectivity index (χ0) is 14.8. The first-order valence-electron chi connectivity index (χ1n) is 7.47. The maximum Gasteiger partial charge on any atom is 0.220 e. The van der Waals surface area contributed by atoms with E-state index in [1.165, 1.54) is 4.90 Å². The predicted molar refractivity (Wildman–Crippen MR) is 81.9 cm³/mol. The topological polar surface area (TPSA) is 67.8 Å². The van der Waals surface area contributed by atoms with Crippen LogP contribution in [0.1, 0.15) is 18.4 Å². The number of piperidine rings is 1. The molecule has 0 aromatic heterocycles. The minimum atomic E-state index is -0.179. The molecule has 4 N–H and O–H groups in total. The van der Waals surface area contributed by atoms with E-state index in [0.717, 1.165) is 48.8 Å². The van der Waals surface area contributed by atoms with Gasteiger partial charge >= 0.3 is 0 Å². The summed E-state index contributed by atoms with van der Waals surface area (Å²) in [7, 11) is 0. The number of hydrogen-bond donors (Lipinski definition) is 3. The van der Waals surface area contributed by atoms with E-state index in [2.05, 4.69) is 12.1 Å². The molecule has 1 amide bonds. The van der Waals surface area contributed by atoms with Gasteiger partial charge in [0.2, 0.25) is 5.91 Å². The number of primary amides is 1. The summed E-state index contributed by atoms with van der Waals surface area (Å²) in [4.78, 5) is 12.6. The van der Waals surface area contributed by atoms with Crippen molar-refractivity contribution in [1.29, 1.82) is 0 Å². The summed E-state index contributed by atoms with van der Waals surface area (Å²) in [6.45, 7) is 2.64. The summed E-state index contributed by atoms with van der Waals surface area (Å²) in [5, 5.41) is 12.5. The van der Waals surface area contributed by atoms with E-state index in [4.69, 9.17) is 5.73 Å². The third kappa shape index (κ3) is 2.85. The van der Waals surface area contributed by atoms with E-state index in [0.29, 0.717) is 5.75 Å². The fraction of sp³-hybridized carbons (Fsp3) is 0.353. The third-order valence-electron chi connectivity index (χ3n) is 4.54. The van der Waals surface area contributed by atoms with Crippen molar-refractivity contribution in [2.24, 2.45) is 11.7 Å². The van der Waals surface area contributed by atoms with Crippen LogP contribution in [0.2, 0.25) is 0 Å². The van der Waals surface area contributed by atoms with E-state index >= 15 is 0 Å². The van der Waals surface area contributed by atoms with Crippen LogP contribution in [0.25, 0.3) is 10.8 Å². The molecule has 4 nitrogen and oxygen atoms in total. The molecule has 1 saturated heterocycles. The molecule has 1 fully saturated rings. The SMILES string of the molecule is NC(=O)C1CC[NH+](Cc2c(O)ccc3ccccc23)CC1. The molecule has 1 aliphatic rings. The molecule has 4 heteroatoms. The molecule has 3 rings (SSSR count). The highest BCUT2D eigenvalue weighted by atomic mass is 16.3. The summed E-state index contributed by atoms with van der Waals surface area (Å²) in [5.41, 5.74) is 6.38. The van der Waals surface area contributed by atoms with Crippen LogP contribution in [0.5, 0.6) is 5.75 Å². The van der Waals surface area contributed by atoms with Crippen LogP contribution < -0.4 is 10.6 Å². The van der Waals surface area contributed by atoms with Crippen molar-refractivity contribution in [1.82, 2.24) is 0 Å². The van der Waals surface area contributed by atoms with Crippen molar-refractivity contribution in [2.45, 2.75) is 19.4 Å². The Morgan fingerprint density at radius 2 is 1.90 bits per heavy atom. The first-order chi connectivity index (χ1) is 10.1. The largest absolute Gasteiger partial charge is 0.507 e. The van der Waals surface area contributed by atoms with Gasteiger partial charge < -0.3 is 15.7 Å². The van der Waals surface area contributed by atoms with Crippen molar-refractivity contribution in [3.63, 3.8) is 0 Å². The van der Waals surface area contributed by atoms with Crippen LogP contribution in [0.15, 0.2) is 36.4 Å². The van der Waals surface area contributed by atoms with E-state index < -0.39 is 0 Å². The maximum absolute atomic E-state index is 11.2. The van der Waals surface area contributed by atoms with Gasteiger partial charge in [0, 0.05) is 18.8 Å². The number of rotatable bonds is 3. The number of fused-ring (bicyclic) bond motifs is 1. The van der Waals surface area contributed by atoms with Gasteiger partial charge in [0.25, 0.3) is 0 Å². The van der Waals surface area contributed by atoms with Crippen molar-refractivity contribution < 1.29 is 14.8 Å². The second-order valence-electron chi connectivity index (χ2n) is 5.89. The van der Waals surface area contributed by atoms with E-state index in [9.17, 15) is 9.90 Å². The molecule has 2 aromatic rings. The number of amides is 1. The van der Waals surface area contributed by atoms with Crippen LogP contribution in [0.3, 0.4) is 0 Å². The Balaban J connectivity index is 1.80. The highest BCUT2D eigenvalue weighted by Crippen LogP contribution is 2.26. The van der Waals surface area contributed by atoms with Crippen molar-refractivity contribution in [2.75, 3.05) is 13.1 Å². The molecule has 0 bridgehead atoms. The van der Waals surface area contributed by atoms with Gasteiger partial charge in [0.1, 0.15) is 12.3 Å². The molecule has 0 aliphatic carbocycles. The van der Waals surface area contributed by atoms with Gasteiger partial charge in [0.05, 0.1) is 18.7 Å². The summed E-state index contributed by atoms with van der Waals surface area (Å²) in [5.74, 6) is 0.204. The molecule has 2 aromatic carbocycles. The molecule has 21 heavy (non-hydrogen) atoms. The number of benzene rings is 2. The summed E-state index contributed by atoms with van der Waals surface area (Å²) >= 11 is 0. The molecule has 0 atom stereocenters. The average Bonchev–Trinajstić information content (AvgIpc) is 2.51. The Labute approximate surface area is 124 Å². The minimum Gasteiger partial charge on any atom is -0.507 e. The molecule has 0 saturated carbocycles. The first kappa shape index (κ1) is 13.9. The minimum absolute atomic E-state index is 0.0230. The van der Waals surface area contributed by atoms with Gasteiger partial charge in [-0.15, -0.1) is 0 Å². The zero-order valence-electron chi connectivity index (χ0n) is 12.0. The smallest absolute Gasteiger partial charge is 0.220 e. The lowest BCUT2D eigenvalue weighted by atomic mass is 9.95. The molecule has 110 valence electrons. The van der Waals surface area contributed by atoms with Crippen LogP contribution >= 0.6 is 0 Å². The number of likely N-dealkylation sites (tertiary alicyclic amines) is 1. The number of carbonyl (C=O) groups is 1. The normalized spacial score (nSPS) is 22.3. The molecule has 0 unspecified atom stereocenters. The number of nitrogens with two attached hydrogens (primary N) is 1. The predicted octanol–water partition coefficient (Wildman–Crippen LogP) is 0.826.